The number of hydrazine groups is 1. The molecule has 96 valence electrons. The first-order valence-corrected chi connectivity index (χ1v) is 5.28. The van der Waals surface area contributed by atoms with E-state index in [-0.39, 0.29) is 12.0 Å². The number of imidazole rings is 1. The van der Waals surface area contributed by atoms with E-state index in [0.717, 1.165) is 6.54 Å². The summed E-state index contributed by atoms with van der Waals surface area (Å²) in [7, 11) is 1.48. The fourth-order valence-corrected chi connectivity index (χ4v) is 1.31. The molecule has 9 heteroatoms. The number of nitrogens with zero attached hydrogens (tertiary/aromatic N) is 5. The molecule has 0 saturated heterocycles. The summed E-state index contributed by atoms with van der Waals surface area (Å²) in [5.41, 5.74) is 2.35. The fraction of sp³-hybridized carbons (Fsp3) is 0.333. The maximum Gasteiger partial charge on any atom is 0.322 e. The summed E-state index contributed by atoms with van der Waals surface area (Å²) >= 11 is 0. The van der Waals surface area contributed by atoms with Crippen molar-refractivity contribution in [3.63, 3.8) is 0 Å². The third-order valence-corrected chi connectivity index (χ3v) is 2.14. The van der Waals surface area contributed by atoms with Crippen LogP contribution in [0.3, 0.4) is 0 Å². The molecule has 2 rings (SSSR count). The van der Waals surface area contributed by atoms with Crippen LogP contribution in [0.5, 0.6) is 6.01 Å². The molecule has 2 aromatic rings. The summed E-state index contributed by atoms with van der Waals surface area (Å²) in [5.74, 6) is 5.89. The molecule has 0 atom stereocenters. The minimum Gasteiger partial charge on any atom is -0.467 e. The fourth-order valence-electron chi connectivity index (χ4n) is 1.31. The van der Waals surface area contributed by atoms with Crippen LogP contribution in [0, 0.1) is 0 Å². The van der Waals surface area contributed by atoms with Crippen LogP contribution >= 0.6 is 0 Å². The maximum atomic E-state index is 5.25. The first-order valence-electron chi connectivity index (χ1n) is 5.28. The van der Waals surface area contributed by atoms with Gasteiger partial charge < -0.3 is 14.6 Å². The van der Waals surface area contributed by atoms with Crippen molar-refractivity contribution in [1.29, 1.82) is 0 Å². The number of nitrogens with two attached hydrogens (primary N) is 1. The van der Waals surface area contributed by atoms with Crippen LogP contribution in [-0.2, 0) is 6.54 Å². The van der Waals surface area contributed by atoms with Crippen molar-refractivity contribution in [3.05, 3.63) is 18.7 Å². The van der Waals surface area contributed by atoms with Crippen LogP contribution in [-0.4, -0.2) is 38.2 Å². The highest BCUT2D eigenvalue weighted by Crippen LogP contribution is 2.09. The topological polar surface area (TPSA) is 116 Å². The molecule has 0 spiro atoms. The van der Waals surface area contributed by atoms with E-state index in [2.05, 4.69) is 30.7 Å². The lowest BCUT2D eigenvalue weighted by Crippen LogP contribution is -2.16. The minimum atomic E-state index is 0.197. The van der Waals surface area contributed by atoms with E-state index in [1.54, 1.807) is 12.5 Å². The average Bonchev–Trinajstić information content (AvgIpc) is 2.91. The van der Waals surface area contributed by atoms with E-state index in [1.807, 2.05) is 10.8 Å². The number of hydrogen-bond acceptors (Lipinski definition) is 8. The van der Waals surface area contributed by atoms with Gasteiger partial charge in [-0.2, -0.15) is 15.0 Å². The van der Waals surface area contributed by atoms with Crippen LogP contribution < -0.4 is 21.3 Å². The normalized spacial score (nSPS) is 10.1. The molecule has 9 nitrogen and oxygen atoms in total. The zero-order valence-corrected chi connectivity index (χ0v) is 9.87. The lowest BCUT2D eigenvalue weighted by atomic mass is 10.6. The zero-order chi connectivity index (χ0) is 12.8. The Balaban J connectivity index is 1.95. The monoisotopic (exact) mass is 250 g/mol. The highest BCUT2D eigenvalue weighted by molar-refractivity contribution is 5.34. The Kier molecular flexibility index (Phi) is 3.86. The molecular formula is C9H14N8O. The van der Waals surface area contributed by atoms with Crippen LogP contribution in [0.1, 0.15) is 0 Å². The van der Waals surface area contributed by atoms with Gasteiger partial charge in [0.15, 0.2) is 0 Å². The third-order valence-electron chi connectivity index (χ3n) is 2.14. The molecule has 0 fully saturated rings. The van der Waals surface area contributed by atoms with Gasteiger partial charge in [-0.05, 0) is 0 Å². The second-order valence-electron chi connectivity index (χ2n) is 3.34. The van der Waals surface area contributed by atoms with Crippen molar-refractivity contribution >= 4 is 11.9 Å². The lowest BCUT2D eigenvalue weighted by Gasteiger charge is -2.07. The highest BCUT2D eigenvalue weighted by atomic mass is 16.5. The van der Waals surface area contributed by atoms with Gasteiger partial charge >= 0.3 is 6.01 Å². The minimum absolute atomic E-state index is 0.197. The Labute approximate surface area is 103 Å². The molecule has 4 N–H and O–H groups in total. The summed E-state index contributed by atoms with van der Waals surface area (Å²) in [4.78, 5) is 15.9. The van der Waals surface area contributed by atoms with Crippen molar-refractivity contribution < 1.29 is 4.74 Å². The summed E-state index contributed by atoms with van der Waals surface area (Å²) in [5, 5.41) is 3.05. The maximum absolute atomic E-state index is 5.25. The van der Waals surface area contributed by atoms with Gasteiger partial charge in [-0.3, -0.25) is 5.43 Å². The molecule has 0 aromatic carbocycles. The molecule has 0 bridgehead atoms. The van der Waals surface area contributed by atoms with Gasteiger partial charge in [0, 0.05) is 25.5 Å². The second-order valence-corrected chi connectivity index (χ2v) is 3.34. The molecule has 0 amide bonds. The van der Waals surface area contributed by atoms with E-state index in [1.165, 1.54) is 7.11 Å². The summed E-state index contributed by atoms with van der Waals surface area (Å²) in [6.45, 7) is 1.40. The Bertz CT molecular complexity index is 463. The Morgan fingerprint density at radius 2 is 2.17 bits per heavy atom. The smallest absolute Gasteiger partial charge is 0.322 e. The summed E-state index contributed by atoms with van der Waals surface area (Å²) in [6, 6.07) is 0.197. The number of ether oxygens (including phenoxy) is 1. The van der Waals surface area contributed by atoms with E-state index in [4.69, 9.17) is 10.6 Å². The van der Waals surface area contributed by atoms with Gasteiger partial charge in [-0.25, -0.2) is 10.8 Å². The Hall–Kier alpha value is -2.42. The van der Waals surface area contributed by atoms with Crippen LogP contribution in [0.4, 0.5) is 11.9 Å². The predicted octanol–water partition coefficient (Wildman–Crippen LogP) is -0.526. The molecule has 0 aliphatic heterocycles. The van der Waals surface area contributed by atoms with Crippen molar-refractivity contribution in [3.8, 4) is 6.01 Å². The number of hydrogen-bond donors (Lipinski definition) is 3. The molecule has 2 aromatic heterocycles. The van der Waals surface area contributed by atoms with Gasteiger partial charge in [0.1, 0.15) is 0 Å². The first kappa shape index (κ1) is 12.0. The summed E-state index contributed by atoms with van der Waals surface area (Å²) in [6.07, 6.45) is 5.34. The van der Waals surface area contributed by atoms with Gasteiger partial charge in [0.25, 0.3) is 0 Å². The molecule has 0 saturated carbocycles. The molecule has 0 unspecified atom stereocenters. The van der Waals surface area contributed by atoms with Gasteiger partial charge in [0.05, 0.1) is 13.4 Å². The van der Waals surface area contributed by atoms with E-state index in [0.29, 0.717) is 12.5 Å². The Morgan fingerprint density at radius 1 is 1.33 bits per heavy atom. The number of methoxy groups -OCH3 is 1. The molecule has 0 aliphatic rings. The average molecular weight is 250 g/mol. The largest absolute Gasteiger partial charge is 0.467 e. The lowest BCUT2D eigenvalue weighted by molar-refractivity contribution is 0.379. The summed E-state index contributed by atoms with van der Waals surface area (Å²) < 4.78 is 6.87. The quantitative estimate of drug-likeness (QED) is 0.463. The van der Waals surface area contributed by atoms with Crippen LogP contribution in [0.15, 0.2) is 18.7 Å². The standard InChI is InChI=1S/C9H14N8O/c1-18-9-14-7(13-8(15-9)16-10)12-3-5-17-4-2-11-6-17/h2,4,6H,3,5,10H2,1H3,(H2,12,13,14,15,16). The van der Waals surface area contributed by atoms with E-state index in [9.17, 15) is 0 Å². The predicted molar refractivity (Wildman–Crippen MR) is 64.9 cm³/mol. The van der Waals surface area contributed by atoms with Crippen molar-refractivity contribution in [2.75, 3.05) is 24.4 Å². The van der Waals surface area contributed by atoms with Crippen molar-refractivity contribution in [1.82, 2.24) is 24.5 Å². The van der Waals surface area contributed by atoms with Gasteiger partial charge in [0.2, 0.25) is 11.9 Å². The first-order chi connectivity index (χ1) is 8.81. The Morgan fingerprint density at radius 3 is 2.83 bits per heavy atom. The van der Waals surface area contributed by atoms with E-state index < -0.39 is 0 Å². The van der Waals surface area contributed by atoms with Crippen molar-refractivity contribution in [2.24, 2.45) is 5.84 Å². The van der Waals surface area contributed by atoms with Gasteiger partial charge in [-0.15, -0.1) is 0 Å². The molecule has 2 heterocycles. The number of nitrogen functional groups attached to an aromatic ring is 1. The molecule has 18 heavy (non-hydrogen) atoms. The van der Waals surface area contributed by atoms with Crippen molar-refractivity contribution in [2.45, 2.75) is 6.54 Å². The molecular weight excluding hydrogens is 236 g/mol. The number of rotatable bonds is 6. The third kappa shape index (κ3) is 3.04. The number of aromatic nitrogens is 5. The molecule has 0 radical (unpaired) electrons. The van der Waals surface area contributed by atoms with Crippen LogP contribution in [0.25, 0.3) is 0 Å². The zero-order valence-electron chi connectivity index (χ0n) is 9.87. The number of anilines is 2. The SMILES string of the molecule is COc1nc(NN)nc(NCCn2ccnc2)n1. The van der Waals surface area contributed by atoms with Gasteiger partial charge in [-0.1, -0.05) is 0 Å². The highest BCUT2D eigenvalue weighted by Gasteiger charge is 2.05. The number of nitrogens with one attached hydrogen (secondary N) is 2. The molecule has 0 aliphatic carbocycles. The second kappa shape index (κ2) is 5.77. The van der Waals surface area contributed by atoms with E-state index >= 15 is 0 Å². The van der Waals surface area contributed by atoms with Crippen LogP contribution in [0.2, 0.25) is 0 Å².